The molecule has 0 spiro atoms. The Kier molecular flexibility index (Phi) is 18.5. The van der Waals surface area contributed by atoms with Gasteiger partial charge in [-0.3, -0.25) is 0 Å². The van der Waals surface area contributed by atoms with Gasteiger partial charge in [-0.15, -0.1) is 0 Å². The number of rotatable bonds is 24. The van der Waals surface area contributed by atoms with Crippen molar-refractivity contribution in [3.63, 3.8) is 0 Å². The Labute approximate surface area is 325 Å². The highest BCUT2D eigenvalue weighted by Gasteiger charge is 2.51. The van der Waals surface area contributed by atoms with Crippen molar-refractivity contribution in [3.05, 3.63) is 109 Å². The third kappa shape index (κ3) is 14.6. The molecule has 0 aromatic heterocycles. The van der Waals surface area contributed by atoms with Gasteiger partial charge in [0.2, 0.25) is 0 Å². The zero-order valence-corrected chi connectivity index (χ0v) is 35.2. The second-order valence-corrected chi connectivity index (χ2v) is 21.0. The molecule has 0 amide bonds. The van der Waals surface area contributed by atoms with E-state index in [1.54, 1.807) is 0 Å². The molecular weight excluding hydrogens is 669 g/mol. The summed E-state index contributed by atoms with van der Waals surface area (Å²) in [5.74, 6) is -0.665. The van der Waals surface area contributed by atoms with Crippen LogP contribution in [0.3, 0.4) is 0 Å². The Balaban J connectivity index is 1.45. The van der Waals surface area contributed by atoms with Crippen molar-refractivity contribution in [2.45, 2.75) is 174 Å². The molecule has 0 N–H and O–H groups in total. The average molecular weight is 741 g/mol. The number of unbranched alkanes of at least 4 members (excludes halogenated alkanes) is 11. The van der Waals surface area contributed by atoms with Gasteiger partial charge >= 0.3 is 0 Å². The van der Waals surface area contributed by atoms with E-state index < -0.39 is 14.1 Å². The number of hydrogen-bond acceptors (Lipinski definition) is 4. The van der Waals surface area contributed by atoms with E-state index in [1.807, 2.05) is 19.9 Å². The molecule has 1 fully saturated rings. The first kappa shape index (κ1) is 43.2. The Bertz CT molecular complexity index is 1360. The fraction of sp³-hybridized carbons (Fsp3) is 0.583. The molecule has 292 valence electrons. The Morgan fingerprint density at radius 2 is 1.23 bits per heavy atom. The van der Waals surface area contributed by atoms with Crippen LogP contribution in [0, 0.1) is 0 Å². The molecule has 1 saturated heterocycles. The summed E-state index contributed by atoms with van der Waals surface area (Å²) in [5, 5.41) is 2.57. The number of hydrogen-bond donors (Lipinski definition) is 0. The molecule has 5 heteroatoms. The Hall–Kier alpha value is -2.54. The highest BCUT2D eigenvalue weighted by molar-refractivity contribution is 6.99. The molecule has 4 rings (SSSR count). The first-order valence-electron chi connectivity index (χ1n) is 21.1. The molecule has 4 nitrogen and oxygen atoms in total. The maximum absolute atomic E-state index is 7.71. The van der Waals surface area contributed by atoms with Crippen LogP contribution in [-0.4, -0.2) is 39.0 Å². The molecular formula is C48H72O4Si. The molecule has 1 heterocycles. The summed E-state index contributed by atoms with van der Waals surface area (Å²) in [6.07, 6.45) is 23.4. The molecule has 0 radical (unpaired) electrons. The maximum atomic E-state index is 7.71. The number of ether oxygens (including phenoxy) is 3. The molecule has 0 aliphatic carbocycles. The van der Waals surface area contributed by atoms with Crippen LogP contribution in [-0.2, 0) is 25.2 Å². The lowest BCUT2D eigenvalue weighted by Gasteiger charge is -2.45. The van der Waals surface area contributed by atoms with Crippen molar-refractivity contribution < 1.29 is 18.6 Å². The minimum Gasteiger partial charge on any atom is -0.401 e. The van der Waals surface area contributed by atoms with Gasteiger partial charge in [0.05, 0.1) is 24.9 Å². The molecule has 3 atom stereocenters. The van der Waals surface area contributed by atoms with E-state index >= 15 is 0 Å². The van der Waals surface area contributed by atoms with Crippen LogP contribution in [0.4, 0.5) is 0 Å². The smallest absolute Gasteiger partial charge is 0.261 e. The van der Waals surface area contributed by atoms with Crippen LogP contribution in [0.1, 0.15) is 143 Å². The quantitative estimate of drug-likeness (QED) is 0.0521. The van der Waals surface area contributed by atoms with Gasteiger partial charge in [0, 0.05) is 13.0 Å². The van der Waals surface area contributed by atoms with E-state index in [9.17, 15) is 0 Å². The Morgan fingerprint density at radius 3 is 1.75 bits per heavy atom. The van der Waals surface area contributed by atoms with Gasteiger partial charge in [-0.1, -0.05) is 208 Å². The van der Waals surface area contributed by atoms with Crippen LogP contribution >= 0.6 is 0 Å². The fourth-order valence-electron chi connectivity index (χ4n) is 7.97. The van der Waals surface area contributed by atoms with Crippen molar-refractivity contribution in [1.82, 2.24) is 0 Å². The largest absolute Gasteiger partial charge is 0.401 e. The lowest BCUT2D eigenvalue weighted by molar-refractivity contribution is -0.292. The SMILES string of the molecule is CCCCCCCCCCCCCC[C@@H](C=C[C@H]1C[C@@H](CCOCc2ccccc2)OC(C)(C)O1)O[Si](c1ccccc1)(c1ccccc1)C(C)(C)C. The van der Waals surface area contributed by atoms with Crippen LogP contribution in [0.2, 0.25) is 5.04 Å². The van der Waals surface area contributed by atoms with Crippen molar-refractivity contribution in [3.8, 4) is 0 Å². The summed E-state index contributed by atoms with van der Waals surface area (Å²) in [5.41, 5.74) is 1.20. The van der Waals surface area contributed by atoms with Gasteiger partial charge in [0.25, 0.3) is 8.32 Å². The predicted octanol–water partition coefficient (Wildman–Crippen LogP) is 12.1. The second-order valence-electron chi connectivity index (χ2n) is 16.7. The second kappa shape index (κ2) is 22.7. The molecule has 1 aliphatic rings. The minimum absolute atomic E-state index is 0.0216. The lowest BCUT2D eigenvalue weighted by Crippen LogP contribution is -2.67. The standard InChI is InChI=1S/C48H72O4Si/c1-7-8-9-10-11-12-13-14-15-16-17-23-30-42(52-53(47(2,3)4,45-31-24-19-25-32-45)46-33-26-20-27-34-46)35-36-43-39-44(51-48(5,6)50-43)37-38-49-40-41-28-21-18-22-29-41/h18-22,24-29,31-36,42-44H,7-17,23,30,37-40H2,1-6H3/t42-,43-,44+/m0/s1. The topological polar surface area (TPSA) is 36.9 Å². The monoisotopic (exact) mass is 741 g/mol. The minimum atomic E-state index is -2.73. The maximum Gasteiger partial charge on any atom is 0.261 e. The molecule has 53 heavy (non-hydrogen) atoms. The zero-order valence-electron chi connectivity index (χ0n) is 34.2. The van der Waals surface area contributed by atoms with Crippen molar-refractivity contribution in [1.29, 1.82) is 0 Å². The van der Waals surface area contributed by atoms with E-state index in [0.29, 0.717) is 13.2 Å². The molecule has 1 aliphatic heterocycles. The van der Waals surface area contributed by atoms with Gasteiger partial charge in [-0.05, 0) is 47.7 Å². The molecule has 3 aromatic rings. The highest BCUT2D eigenvalue weighted by Crippen LogP contribution is 2.38. The van der Waals surface area contributed by atoms with Crippen LogP contribution in [0.15, 0.2) is 103 Å². The van der Waals surface area contributed by atoms with Gasteiger partial charge < -0.3 is 18.6 Å². The van der Waals surface area contributed by atoms with E-state index in [-0.39, 0.29) is 23.4 Å². The Morgan fingerprint density at radius 1 is 0.717 bits per heavy atom. The summed E-state index contributed by atoms with van der Waals surface area (Å²) in [7, 11) is -2.73. The summed E-state index contributed by atoms with van der Waals surface area (Å²) < 4.78 is 26.7. The lowest BCUT2D eigenvalue weighted by atomic mass is 10.0. The summed E-state index contributed by atoms with van der Waals surface area (Å²) in [6.45, 7) is 14.8. The summed E-state index contributed by atoms with van der Waals surface area (Å²) in [4.78, 5) is 0. The van der Waals surface area contributed by atoms with Crippen molar-refractivity contribution in [2.75, 3.05) is 6.61 Å². The highest BCUT2D eigenvalue weighted by atomic mass is 28.4. The molecule has 3 aromatic carbocycles. The van der Waals surface area contributed by atoms with Crippen molar-refractivity contribution in [2.24, 2.45) is 0 Å². The van der Waals surface area contributed by atoms with Gasteiger partial charge in [0.15, 0.2) is 5.79 Å². The van der Waals surface area contributed by atoms with Crippen LogP contribution in [0.25, 0.3) is 0 Å². The molecule has 0 bridgehead atoms. The average Bonchev–Trinajstić information content (AvgIpc) is 3.14. The predicted molar refractivity (Wildman–Crippen MR) is 226 cm³/mol. The van der Waals surface area contributed by atoms with Crippen LogP contribution < -0.4 is 10.4 Å². The summed E-state index contributed by atoms with van der Waals surface area (Å²) in [6, 6.07) is 32.5. The first-order chi connectivity index (χ1) is 25.6. The third-order valence-electron chi connectivity index (χ3n) is 10.7. The van der Waals surface area contributed by atoms with Crippen molar-refractivity contribution >= 4 is 18.7 Å². The van der Waals surface area contributed by atoms with E-state index in [0.717, 1.165) is 25.7 Å². The van der Waals surface area contributed by atoms with E-state index in [1.165, 1.54) is 86.6 Å². The normalized spacial score (nSPS) is 18.4. The first-order valence-corrected chi connectivity index (χ1v) is 23.0. The number of benzene rings is 3. The van der Waals surface area contributed by atoms with Gasteiger partial charge in [0.1, 0.15) is 0 Å². The van der Waals surface area contributed by atoms with E-state index in [2.05, 4.69) is 125 Å². The fourth-order valence-corrected chi connectivity index (χ4v) is 12.6. The summed E-state index contributed by atoms with van der Waals surface area (Å²) >= 11 is 0. The van der Waals surface area contributed by atoms with Gasteiger partial charge in [-0.25, -0.2) is 0 Å². The van der Waals surface area contributed by atoms with E-state index in [4.69, 9.17) is 18.6 Å². The molecule has 0 saturated carbocycles. The van der Waals surface area contributed by atoms with Crippen LogP contribution in [0.5, 0.6) is 0 Å². The zero-order chi connectivity index (χ0) is 37.8. The molecule has 0 unspecified atom stereocenters. The third-order valence-corrected chi connectivity index (χ3v) is 15.8. The van der Waals surface area contributed by atoms with Gasteiger partial charge in [-0.2, -0.15) is 0 Å².